The number of primary sulfonamides is 1. The van der Waals surface area contributed by atoms with E-state index in [1.165, 1.54) is 12.1 Å². The fourth-order valence-electron chi connectivity index (χ4n) is 1.49. The van der Waals surface area contributed by atoms with Crippen molar-refractivity contribution in [1.82, 2.24) is 10.7 Å². The van der Waals surface area contributed by atoms with E-state index < -0.39 is 20.6 Å². The molecule has 9 nitrogen and oxygen atoms in total. The topological polar surface area (TPSA) is 139 Å². The van der Waals surface area contributed by atoms with E-state index in [2.05, 4.69) is 16.2 Å². The summed E-state index contributed by atoms with van der Waals surface area (Å²) in [5.74, 6) is 0. The van der Waals surface area contributed by atoms with E-state index in [0.29, 0.717) is 6.54 Å². The highest BCUT2D eigenvalue weighted by Crippen LogP contribution is 2.26. The molecular weight excluding hydrogens is 330 g/mol. The first-order valence-corrected chi connectivity index (χ1v) is 8.32. The number of nitrogens with zero attached hydrogens (tertiary/aromatic N) is 1. The van der Waals surface area contributed by atoms with Crippen molar-refractivity contribution in [1.29, 1.82) is 0 Å². The second kappa shape index (κ2) is 7.87. The van der Waals surface area contributed by atoms with Crippen LogP contribution in [0, 0.1) is 10.1 Å². The van der Waals surface area contributed by atoms with Crippen molar-refractivity contribution in [2.24, 2.45) is 5.14 Å². The molecule has 0 radical (unpaired) electrons. The van der Waals surface area contributed by atoms with Crippen LogP contribution in [0.1, 0.15) is 19.8 Å². The Morgan fingerprint density at radius 1 is 1.45 bits per heavy atom. The Hall–Kier alpha value is -1.98. The Morgan fingerprint density at radius 3 is 2.68 bits per heavy atom. The van der Waals surface area contributed by atoms with Gasteiger partial charge in [0.2, 0.25) is 10.0 Å². The molecule has 1 rings (SSSR count). The summed E-state index contributed by atoms with van der Waals surface area (Å²) in [6.07, 6.45) is 1.94. The summed E-state index contributed by atoms with van der Waals surface area (Å²) in [5.41, 5.74) is 4.80. The molecule has 0 fully saturated rings. The molecule has 11 heteroatoms. The maximum absolute atomic E-state index is 11.2. The number of nitro benzene ring substituents is 1. The minimum Gasteiger partial charge on any atom is -0.361 e. The lowest BCUT2D eigenvalue weighted by Gasteiger charge is -2.12. The average Bonchev–Trinajstić information content (AvgIpc) is 2.44. The van der Waals surface area contributed by atoms with E-state index in [-0.39, 0.29) is 15.7 Å². The molecule has 0 heterocycles. The van der Waals surface area contributed by atoms with E-state index in [1.807, 2.05) is 6.92 Å². The lowest BCUT2D eigenvalue weighted by atomic mass is 10.3. The van der Waals surface area contributed by atoms with Gasteiger partial charge in [-0.3, -0.25) is 21.0 Å². The Morgan fingerprint density at radius 2 is 2.14 bits per heavy atom. The number of thiocarbonyl (C=S) groups is 1. The van der Waals surface area contributed by atoms with E-state index in [9.17, 15) is 18.5 Å². The number of nitro groups is 1. The molecule has 1 aromatic rings. The number of nitrogens with one attached hydrogen (secondary N) is 3. The largest absolute Gasteiger partial charge is 0.361 e. The van der Waals surface area contributed by atoms with Gasteiger partial charge in [-0.2, -0.15) is 0 Å². The van der Waals surface area contributed by atoms with Crippen LogP contribution >= 0.6 is 12.2 Å². The number of nitrogens with two attached hydrogens (primary N) is 1. The van der Waals surface area contributed by atoms with Gasteiger partial charge in [0.1, 0.15) is 5.69 Å². The Labute approximate surface area is 133 Å². The van der Waals surface area contributed by atoms with Crippen molar-refractivity contribution >= 4 is 38.7 Å². The highest BCUT2D eigenvalue weighted by molar-refractivity contribution is 7.89. The molecule has 0 unspecified atom stereocenters. The van der Waals surface area contributed by atoms with Gasteiger partial charge in [0.25, 0.3) is 5.69 Å². The summed E-state index contributed by atoms with van der Waals surface area (Å²) in [7, 11) is -4.01. The fraction of sp³-hybridized carbons (Fsp3) is 0.364. The maximum Gasteiger partial charge on any atom is 0.295 e. The molecule has 0 saturated carbocycles. The summed E-state index contributed by atoms with van der Waals surface area (Å²) in [6, 6.07) is 3.28. The first kappa shape index (κ1) is 18.1. The zero-order valence-electron chi connectivity index (χ0n) is 11.8. The average molecular weight is 347 g/mol. The van der Waals surface area contributed by atoms with Gasteiger partial charge in [-0.05, 0) is 30.8 Å². The van der Waals surface area contributed by atoms with Gasteiger partial charge in [-0.25, -0.2) is 13.6 Å². The minimum atomic E-state index is -4.01. The standard InChI is InChI=1S/C11H17N5O4S2/c1-2-3-6-13-11(21)15-14-9-5-4-8(22(12,19)20)7-10(9)16(17)18/h4-5,7,14H,2-3,6H2,1H3,(H2,12,19,20)(H2,13,15,21). The van der Waals surface area contributed by atoms with E-state index in [0.717, 1.165) is 18.9 Å². The summed E-state index contributed by atoms with van der Waals surface area (Å²) in [6.45, 7) is 2.71. The smallest absolute Gasteiger partial charge is 0.295 e. The molecule has 122 valence electrons. The number of rotatable bonds is 7. The zero-order valence-corrected chi connectivity index (χ0v) is 13.5. The zero-order chi connectivity index (χ0) is 16.8. The van der Waals surface area contributed by atoms with E-state index in [1.54, 1.807) is 0 Å². The molecule has 0 amide bonds. The van der Waals surface area contributed by atoms with Gasteiger partial charge in [-0.1, -0.05) is 13.3 Å². The quantitative estimate of drug-likeness (QED) is 0.246. The summed E-state index contributed by atoms with van der Waals surface area (Å²) in [4.78, 5) is 9.95. The van der Waals surface area contributed by atoms with Gasteiger partial charge < -0.3 is 5.32 Å². The van der Waals surface area contributed by atoms with Crippen molar-refractivity contribution in [2.45, 2.75) is 24.7 Å². The van der Waals surface area contributed by atoms with Crippen LogP contribution in [0.4, 0.5) is 11.4 Å². The van der Waals surface area contributed by atoms with Gasteiger partial charge in [0.05, 0.1) is 9.82 Å². The Kier molecular flexibility index (Phi) is 6.46. The van der Waals surface area contributed by atoms with Crippen LogP contribution in [0.3, 0.4) is 0 Å². The molecule has 0 aromatic heterocycles. The van der Waals surface area contributed by atoms with Crippen LogP contribution in [-0.2, 0) is 10.0 Å². The minimum absolute atomic E-state index is 0.0667. The normalized spacial score (nSPS) is 10.8. The van der Waals surface area contributed by atoms with Gasteiger partial charge in [-0.15, -0.1) is 0 Å². The van der Waals surface area contributed by atoms with Crippen molar-refractivity contribution < 1.29 is 13.3 Å². The number of hydrogen-bond acceptors (Lipinski definition) is 6. The highest BCUT2D eigenvalue weighted by atomic mass is 32.2. The number of hydrogen-bond donors (Lipinski definition) is 4. The number of benzene rings is 1. The SMILES string of the molecule is CCCCNC(=S)NNc1ccc(S(N)(=O)=O)cc1[N+](=O)[O-]. The highest BCUT2D eigenvalue weighted by Gasteiger charge is 2.19. The molecule has 5 N–H and O–H groups in total. The summed E-state index contributed by atoms with van der Waals surface area (Å²) < 4.78 is 22.4. The van der Waals surface area contributed by atoms with Gasteiger partial charge in [0.15, 0.2) is 5.11 Å². The molecular formula is C11H17N5O4S2. The molecule has 1 aromatic carbocycles. The van der Waals surface area contributed by atoms with E-state index >= 15 is 0 Å². The Balaban J connectivity index is 2.83. The first-order chi connectivity index (χ1) is 10.3. The molecule has 0 bridgehead atoms. The third-order valence-electron chi connectivity index (χ3n) is 2.62. The second-order valence-corrected chi connectivity index (χ2v) is 6.31. The number of anilines is 1. The molecule has 22 heavy (non-hydrogen) atoms. The van der Waals surface area contributed by atoms with Crippen molar-refractivity contribution in [3.63, 3.8) is 0 Å². The molecule has 0 saturated heterocycles. The predicted molar refractivity (Wildman–Crippen MR) is 86.7 cm³/mol. The molecule has 0 aliphatic carbocycles. The van der Waals surface area contributed by atoms with Gasteiger partial charge in [0, 0.05) is 12.6 Å². The predicted octanol–water partition coefficient (Wildman–Crippen LogP) is 0.833. The van der Waals surface area contributed by atoms with Crippen LogP contribution in [0.5, 0.6) is 0 Å². The van der Waals surface area contributed by atoms with Crippen LogP contribution in [0.2, 0.25) is 0 Å². The summed E-state index contributed by atoms with van der Waals surface area (Å²) >= 11 is 4.99. The third-order valence-corrected chi connectivity index (χ3v) is 3.78. The second-order valence-electron chi connectivity index (χ2n) is 4.34. The van der Waals surface area contributed by atoms with Gasteiger partial charge >= 0.3 is 0 Å². The fourth-order valence-corrected chi connectivity index (χ4v) is 2.18. The maximum atomic E-state index is 11.2. The first-order valence-electron chi connectivity index (χ1n) is 6.36. The third kappa shape index (κ3) is 5.42. The lowest BCUT2D eigenvalue weighted by molar-refractivity contribution is -0.384. The molecule has 0 atom stereocenters. The Bertz CT molecular complexity index is 662. The van der Waals surface area contributed by atoms with E-state index in [4.69, 9.17) is 17.4 Å². The van der Waals surface area contributed by atoms with Crippen molar-refractivity contribution in [2.75, 3.05) is 12.0 Å². The molecule has 0 aliphatic heterocycles. The number of sulfonamides is 1. The summed E-state index contributed by atoms with van der Waals surface area (Å²) in [5, 5.41) is 19.1. The monoisotopic (exact) mass is 347 g/mol. The number of unbranched alkanes of at least 4 members (excludes halogenated alkanes) is 1. The van der Waals surface area contributed by atoms with Crippen molar-refractivity contribution in [3.05, 3.63) is 28.3 Å². The lowest BCUT2D eigenvalue weighted by Crippen LogP contribution is -2.39. The van der Waals surface area contributed by atoms with Crippen LogP contribution < -0.4 is 21.3 Å². The van der Waals surface area contributed by atoms with Crippen LogP contribution in [-0.4, -0.2) is 25.0 Å². The number of hydrazine groups is 1. The molecule has 0 spiro atoms. The molecule has 0 aliphatic rings. The van der Waals surface area contributed by atoms with Crippen LogP contribution in [0.25, 0.3) is 0 Å². The van der Waals surface area contributed by atoms with Crippen molar-refractivity contribution in [3.8, 4) is 0 Å². The van der Waals surface area contributed by atoms with Crippen LogP contribution in [0.15, 0.2) is 23.1 Å².